The number of nitrogens with zero attached hydrogens (tertiary/aromatic N) is 1. The van der Waals surface area contributed by atoms with Crippen molar-refractivity contribution in [2.24, 2.45) is 5.41 Å². The van der Waals surface area contributed by atoms with Crippen molar-refractivity contribution in [2.45, 2.75) is 48.9 Å². The molecule has 32 heavy (non-hydrogen) atoms. The Hall–Kier alpha value is -2.66. The SMILES string of the molecule is O=C(Nc1cccc(C(F)(F)F)c1)[C@]12C[C@@]1(c1ccnc(C(F)(F)F)c1)[C@H]1O[C@@H]2C[C@@H]1O. The van der Waals surface area contributed by atoms with Crippen LogP contribution >= 0.6 is 0 Å². The van der Waals surface area contributed by atoms with Gasteiger partial charge in [-0.3, -0.25) is 9.78 Å². The van der Waals surface area contributed by atoms with Gasteiger partial charge in [-0.2, -0.15) is 26.3 Å². The number of aromatic nitrogens is 1. The first-order valence-corrected chi connectivity index (χ1v) is 9.75. The number of benzene rings is 1. The number of halogens is 6. The third-order valence-corrected chi connectivity index (χ3v) is 6.80. The molecule has 170 valence electrons. The van der Waals surface area contributed by atoms with Gasteiger partial charge in [-0.1, -0.05) is 6.07 Å². The lowest BCUT2D eigenvalue weighted by atomic mass is 9.74. The number of aliphatic hydroxyl groups is 1. The van der Waals surface area contributed by atoms with Crippen LogP contribution in [0.5, 0.6) is 0 Å². The zero-order valence-corrected chi connectivity index (χ0v) is 16.2. The van der Waals surface area contributed by atoms with Crippen LogP contribution in [-0.4, -0.2) is 34.3 Å². The van der Waals surface area contributed by atoms with Gasteiger partial charge in [0.15, 0.2) is 0 Å². The third kappa shape index (κ3) is 2.80. The van der Waals surface area contributed by atoms with Crippen molar-refractivity contribution >= 4 is 11.6 Å². The third-order valence-electron chi connectivity index (χ3n) is 6.80. The van der Waals surface area contributed by atoms with E-state index in [9.17, 15) is 36.2 Å². The molecule has 2 bridgehead atoms. The van der Waals surface area contributed by atoms with Crippen LogP contribution in [0.15, 0.2) is 42.6 Å². The number of pyridine rings is 1. The van der Waals surface area contributed by atoms with E-state index in [-0.39, 0.29) is 24.1 Å². The normalized spacial score (nSPS) is 33.2. The summed E-state index contributed by atoms with van der Waals surface area (Å²) in [6.07, 6.45) is -10.7. The number of rotatable bonds is 3. The number of amides is 1. The number of aliphatic hydroxyl groups excluding tert-OH is 1. The van der Waals surface area contributed by atoms with E-state index in [2.05, 4.69) is 10.3 Å². The van der Waals surface area contributed by atoms with Gasteiger partial charge in [-0.05, 0) is 42.3 Å². The first-order valence-electron chi connectivity index (χ1n) is 9.75. The first kappa shape index (κ1) is 21.2. The number of anilines is 1. The highest BCUT2D eigenvalue weighted by molar-refractivity contribution is 6.01. The molecular formula is C21H16F6N2O3. The van der Waals surface area contributed by atoms with E-state index >= 15 is 0 Å². The van der Waals surface area contributed by atoms with Crippen LogP contribution in [0.4, 0.5) is 32.0 Å². The predicted molar refractivity (Wildman–Crippen MR) is 97.3 cm³/mol. The average Bonchev–Trinajstić information content (AvgIpc) is 3.20. The van der Waals surface area contributed by atoms with Crippen molar-refractivity contribution in [3.05, 3.63) is 59.4 Å². The smallest absolute Gasteiger partial charge is 0.390 e. The van der Waals surface area contributed by atoms with Gasteiger partial charge in [0.1, 0.15) is 5.69 Å². The lowest BCUT2D eigenvalue weighted by molar-refractivity contribution is -0.141. The number of carbonyl (C=O) groups excluding carboxylic acids is 1. The molecule has 1 saturated carbocycles. The molecule has 3 heterocycles. The minimum absolute atomic E-state index is 0.0889. The van der Waals surface area contributed by atoms with Crippen molar-refractivity contribution < 1.29 is 41.0 Å². The van der Waals surface area contributed by atoms with E-state index in [1.165, 1.54) is 12.1 Å². The molecular weight excluding hydrogens is 442 g/mol. The molecule has 1 aliphatic carbocycles. The lowest BCUT2D eigenvalue weighted by Gasteiger charge is -2.29. The first-order chi connectivity index (χ1) is 14.9. The Morgan fingerprint density at radius 3 is 2.56 bits per heavy atom. The number of fused-ring (bicyclic) bond motifs is 5. The molecule has 5 nitrogen and oxygen atoms in total. The van der Waals surface area contributed by atoms with E-state index in [0.29, 0.717) is 0 Å². The van der Waals surface area contributed by atoms with Gasteiger partial charge >= 0.3 is 12.4 Å². The van der Waals surface area contributed by atoms with Crippen LogP contribution in [0.1, 0.15) is 29.7 Å². The second kappa shape index (κ2) is 6.44. The van der Waals surface area contributed by atoms with Gasteiger partial charge < -0.3 is 15.2 Å². The van der Waals surface area contributed by atoms with E-state index < -0.39 is 58.7 Å². The topological polar surface area (TPSA) is 71.5 Å². The van der Waals surface area contributed by atoms with Gasteiger partial charge in [0.2, 0.25) is 5.91 Å². The largest absolute Gasteiger partial charge is 0.433 e. The standard InChI is InChI=1S/C21H16F6N2O3/c22-20(23,24)11-2-1-3-12(6-11)29-17(31)19-9-18(19,16-13(30)8-15(19)32-16)10-4-5-28-14(7-10)21(25,26)27/h1-7,13,15-16,30H,8-9H2,(H,29,31)/t13-,15+,16-,18+,19+/m0/s1. The molecule has 0 unspecified atom stereocenters. The van der Waals surface area contributed by atoms with E-state index in [1.807, 2.05) is 0 Å². The van der Waals surface area contributed by atoms with Crippen molar-refractivity contribution in [3.63, 3.8) is 0 Å². The maximum atomic E-state index is 13.3. The summed E-state index contributed by atoms with van der Waals surface area (Å²) in [5.41, 5.74) is -4.53. The Labute approximate surface area is 177 Å². The molecule has 5 rings (SSSR count). The van der Waals surface area contributed by atoms with Gasteiger partial charge in [-0.15, -0.1) is 0 Å². The Balaban J connectivity index is 1.51. The molecule has 11 heteroatoms. The summed E-state index contributed by atoms with van der Waals surface area (Å²) in [6, 6.07) is 6.29. The Morgan fingerprint density at radius 1 is 1.12 bits per heavy atom. The van der Waals surface area contributed by atoms with Crippen LogP contribution in [0, 0.1) is 5.41 Å². The summed E-state index contributed by atoms with van der Waals surface area (Å²) in [4.78, 5) is 16.6. The van der Waals surface area contributed by atoms with Crippen molar-refractivity contribution in [1.29, 1.82) is 0 Å². The molecule has 2 aliphatic heterocycles. The fraction of sp³-hybridized carbons (Fsp3) is 0.429. The number of ether oxygens (including phenoxy) is 1. The quantitative estimate of drug-likeness (QED) is 0.685. The molecule has 2 saturated heterocycles. The van der Waals surface area contributed by atoms with Crippen molar-refractivity contribution in [1.82, 2.24) is 4.98 Å². The lowest BCUT2D eigenvalue weighted by Crippen LogP contribution is -2.44. The van der Waals surface area contributed by atoms with E-state index in [0.717, 1.165) is 30.5 Å². The predicted octanol–water partition coefficient (Wildman–Crippen LogP) is 3.92. The number of hydrogen-bond acceptors (Lipinski definition) is 4. The second-order valence-corrected chi connectivity index (χ2v) is 8.43. The maximum Gasteiger partial charge on any atom is 0.433 e. The minimum atomic E-state index is -4.71. The number of carbonyl (C=O) groups is 1. The summed E-state index contributed by atoms with van der Waals surface area (Å²) < 4.78 is 84.5. The fourth-order valence-electron chi connectivity index (χ4n) is 5.41. The number of hydrogen-bond donors (Lipinski definition) is 2. The zero-order chi connectivity index (χ0) is 23.1. The molecule has 3 aliphatic rings. The summed E-state index contributed by atoms with van der Waals surface area (Å²) in [6.45, 7) is 0. The highest BCUT2D eigenvalue weighted by Crippen LogP contribution is 2.77. The Morgan fingerprint density at radius 2 is 1.88 bits per heavy atom. The monoisotopic (exact) mass is 458 g/mol. The maximum absolute atomic E-state index is 13.3. The molecule has 2 aromatic rings. The minimum Gasteiger partial charge on any atom is -0.390 e. The van der Waals surface area contributed by atoms with Crippen LogP contribution in [-0.2, 0) is 27.3 Å². The van der Waals surface area contributed by atoms with Gasteiger partial charge in [0.05, 0.1) is 29.3 Å². The molecule has 0 spiro atoms. The zero-order valence-electron chi connectivity index (χ0n) is 16.2. The highest BCUT2D eigenvalue weighted by Gasteiger charge is 2.87. The highest BCUT2D eigenvalue weighted by atomic mass is 19.4. The molecule has 5 atom stereocenters. The molecule has 1 amide bonds. The molecule has 0 radical (unpaired) electrons. The van der Waals surface area contributed by atoms with Gasteiger partial charge in [0.25, 0.3) is 0 Å². The van der Waals surface area contributed by atoms with Crippen LogP contribution in [0.3, 0.4) is 0 Å². The van der Waals surface area contributed by atoms with Crippen molar-refractivity contribution in [2.75, 3.05) is 5.32 Å². The van der Waals surface area contributed by atoms with Crippen LogP contribution in [0.2, 0.25) is 0 Å². The number of nitrogens with one attached hydrogen (secondary N) is 1. The number of alkyl halides is 6. The van der Waals surface area contributed by atoms with Crippen molar-refractivity contribution in [3.8, 4) is 0 Å². The summed E-state index contributed by atoms with van der Waals surface area (Å²) in [7, 11) is 0. The van der Waals surface area contributed by atoms with Gasteiger partial charge in [-0.25, -0.2) is 0 Å². The molecule has 3 fully saturated rings. The second-order valence-electron chi connectivity index (χ2n) is 8.43. The van der Waals surface area contributed by atoms with E-state index in [1.54, 1.807) is 0 Å². The average molecular weight is 458 g/mol. The molecule has 1 aromatic heterocycles. The summed E-state index contributed by atoms with van der Waals surface area (Å²) >= 11 is 0. The van der Waals surface area contributed by atoms with Crippen LogP contribution < -0.4 is 5.32 Å². The molecule has 2 N–H and O–H groups in total. The Kier molecular flexibility index (Phi) is 4.27. The van der Waals surface area contributed by atoms with Crippen LogP contribution in [0.25, 0.3) is 0 Å². The molecule has 1 aromatic carbocycles. The van der Waals surface area contributed by atoms with Gasteiger partial charge in [0, 0.05) is 23.7 Å². The summed E-state index contributed by atoms with van der Waals surface area (Å²) in [5, 5.41) is 12.8. The fourth-order valence-corrected chi connectivity index (χ4v) is 5.41. The Bertz CT molecular complexity index is 1100. The van der Waals surface area contributed by atoms with E-state index in [4.69, 9.17) is 4.74 Å². The summed E-state index contributed by atoms with van der Waals surface area (Å²) in [5.74, 6) is -0.651.